The Hall–Kier alpha value is -2.17. The van der Waals surface area contributed by atoms with E-state index in [1.165, 1.54) is 18.1 Å². The van der Waals surface area contributed by atoms with E-state index in [9.17, 15) is 4.79 Å². The molecule has 5 nitrogen and oxygen atoms in total. The van der Waals surface area contributed by atoms with Crippen LogP contribution in [0.1, 0.15) is 6.92 Å². The first-order valence-corrected chi connectivity index (χ1v) is 4.22. The predicted octanol–water partition coefficient (Wildman–Crippen LogP) is 1.49. The van der Waals surface area contributed by atoms with Crippen LogP contribution in [0.3, 0.4) is 0 Å². The van der Waals surface area contributed by atoms with Gasteiger partial charge in [-0.1, -0.05) is 0 Å². The summed E-state index contributed by atoms with van der Waals surface area (Å²) in [6.45, 7) is 4.84. The third-order valence-electron chi connectivity index (χ3n) is 1.72. The number of carbonyl (C=O) groups is 1. The van der Waals surface area contributed by atoms with Crippen molar-refractivity contribution >= 4 is 18.4 Å². The minimum Gasteiger partial charge on any atom is -0.478 e. The van der Waals surface area contributed by atoms with Gasteiger partial charge in [0.15, 0.2) is 0 Å². The zero-order valence-electron chi connectivity index (χ0n) is 8.29. The first-order valence-electron chi connectivity index (χ1n) is 4.22. The van der Waals surface area contributed by atoms with Crippen molar-refractivity contribution in [3.63, 3.8) is 0 Å². The van der Waals surface area contributed by atoms with Gasteiger partial charge in [-0.25, -0.2) is 9.80 Å². The largest absolute Gasteiger partial charge is 0.478 e. The lowest BCUT2D eigenvalue weighted by Crippen LogP contribution is -2.10. The van der Waals surface area contributed by atoms with Crippen molar-refractivity contribution in [1.29, 1.82) is 0 Å². The van der Waals surface area contributed by atoms with E-state index < -0.39 is 5.97 Å². The predicted molar refractivity (Wildman–Crippen MR) is 57.7 cm³/mol. The average Bonchev–Trinajstić information content (AvgIpc) is 2.26. The Kier molecular flexibility index (Phi) is 3.56. The van der Waals surface area contributed by atoms with Gasteiger partial charge in [0, 0.05) is 19.1 Å². The molecule has 1 heterocycles. The highest BCUT2D eigenvalue weighted by molar-refractivity contribution is 5.86. The zero-order valence-corrected chi connectivity index (χ0v) is 8.29. The molecule has 0 atom stereocenters. The summed E-state index contributed by atoms with van der Waals surface area (Å²) in [5.41, 5.74) is 0.833. The Morgan fingerprint density at radius 1 is 1.73 bits per heavy atom. The summed E-state index contributed by atoms with van der Waals surface area (Å²) in [5, 5.41) is 13.7. The summed E-state index contributed by atoms with van der Waals surface area (Å²) in [5.74, 6) is -0.993. The molecular weight excluding hydrogens is 194 g/mol. The summed E-state index contributed by atoms with van der Waals surface area (Å²) in [4.78, 5) is 14.5. The van der Waals surface area contributed by atoms with Gasteiger partial charge in [-0.05, 0) is 19.1 Å². The first kappa shape index (κ1) is 10.9. The molecule has 0 saturated carbocycles. The Labute approximate surface area is 87.4 Å². The molecule has 15 heavy (non-hydrogen) atoms. The van der Waals surface area contributed by atoms with Crippen molar-refractivity contribution in [2.75, 3.05) is 5.01 Å². The molecule has 0 fully saturated rings. The standard InChI is InChI=1S/C10H11N3O2/c1-8(10(14)15)7-13(11-2)9-4-3-5-12-6-9/h3-7H,2H2,1H3,(H,14,15)/b8-7+. The van der Waals surface area contributed by atoms with Crippen LogP contribution in [0.5, 0.6) is 0 Å². The lowest BCUT2D eigenvalue weighted by molar-refractivity contribution is -0.132. The highest BCUT2D eigenvalue weighted by Gasteiger charge is 2.05. The van der Waals surface area contributed by atoms with Crippen LogP contribution in [0.2, 0.25) is 0 Å². The van der Waals surface area contributed by atoms with Gasteiger partial charge in [-0.2, -0.15) is 5.10 Å². The van der Waals surface area contributed by atoms with E-state index in [0.29, 0.717) is 5.69 Å². The van der Waals surface area contributed by atoms with E-state index in [0.717, 1.165) is 0 Å². The molecule has 0 aliphatic heterocycles. The maximum atomic E-state index is 10.6. The first-order chi connectivity index (χ1) is 7.15. The van der Waals surface area contributed by atoms with Gasteiger partial charge in [0.2, 0.25) is 0 Å². The van der Waals surface area contributed by atoms with Crippen LogP contribution < -0.4 is 5.01 Å². The molecule has 1 rings (SSSR count). The highest BCUT2D eigenvalue weighted by Crippen LogP contribution is 2.13. The summed E-state index contributed by atoms with van der Waals surface area (Å²) in [6.07, 6.45) is 4.57. The second kappa shape index (κ2) is 4.90. The molecule has 0 aromatic carbocycles. The number of hydrogen-bond acceptors (Lipinski definition) is 4. The molecule has 0 aliphatic rings. The molecule has 1 aromatic rings. The van der Waals surface area contributed by atoms with E-state index >= 15 is 0 Å². The number of hydrogen-bond donors (Lipinski definition) is 1. The normalized spacial score (nSPS) is 10.9. The van der Waals surface area contributed by atoms with Crippen LogP contribution >= 0.6 is 0 Å². The third kappa shape index (κ3) is 2.91. The van der Waals surface area contributed by atoms with Crippen LogP contribution in [0, 0.1) is 0 Å². The Bertz CT molecular complexity index is 387. The molecule has 0 bridgehead atoms. The van der Waals surface area contributed by atoms with Gasteiger partial charge in [0.05, 0.1) is 17.5 Å². The lowest BCUT2D eigenvalue weighted by Gasteiger charge is -2.13. The molecule has 1 aromatic heterocycles. The van der Waals surface area contributed by atoms with Crippen LogP contribution in [-0.2, 0) is 4.79 Å². The molecule has 0 aliphatic carbocycles. The van der Waals surface area contributed by atoms with Crippen LogP contribution in [-0.4, -0.2) is 22.8 Å². The number of carboxylic acids is 1. The van der Waals surface area contributed by atoms with Gasteiger partial charge in [0.1, 0.15) is 0 Å². The number of anilines is 1. The number of rotatable bonds is 4. The van der Waals surface area contributed by atoms with Gasteiger partial charge >= 0.3 is 5.97 Å². The van der Waals surface area contributed by atoms with Crippen LogP contribution in [0.4, 0.5) is 5.69 Å². The Morgan fingerprint density at radius 2 is 2.47 bits per heavy atom. The number of pyridine rings is 1. The van der Waals surface area contributed by atoms with Gasteiger partial charge < -0.3 is 5.11 Å². The van der Waals surface area contributed by atoms with Crippen molar-refractivity contribution in [3.05, 3.63) is 36.3 Å². The molecule has 0 radical (unpaired) electrons. The molecule has 0 saturated heterocycles. The summed E-state index contributed by atoms with van der Waals surface area (Å²) >= 11 is 0. The van der Waals surface area contributed by atoms with E-state index in [-0.39, 0.29) is 5.57 Å². The topological polar surface area (TPSA) is 65.8 Å². The second-order valence-corrected chi connectivity index (χ2v) is 2.81. The quantitative estimate of drug-likeness (QED) is 0.459. The fourth-order valence-corrected chi connectivity index (χ4v) is 0.925. The molecule has 0 unspecified atom stereocenters. The van der Waals surface area contributed by atoms with Crippen molar-refractivity contribution in [2.24, 2.45) is 5.10 Å². The fourth-order valence-electron chi connectivity index (χ4n) is 0.925. The molecule has 78 valence electrons. The summed E-state index contributed by atoms with van der Waals surface area (Å²) in [6, 6.07) is 3.49. The van der Waals surface area contributed by atoms with E-state index in [2.05, 4.69) is 16.8 Å². The zero-order chi connectivity index (χ0) is 11.3. The van der Waals surface area contributed by atoms with Gasteiger partial charge in [-0.3, -0.25) is 4.98 Å². The number of nitrogens with zero attached hydrogens (tertiary/aromatic N) is 3. The molecule has 0 spiro atoms. The second-order valence-electron chi connectivity index (χ2n) is 2.81. The lowest BCUT2D eigenvalue weighted by atomic mass is 10.3. The molecular formula is C10H11N3O2. The summed E-state index contributed by atoms with van der Waals surface area (Å²) in [7, 11) is 0. The number of aromatic nitrogens is 1. The number of hydrazone groups is 1. The molecule has 0 amide bonds. The van der Waals surface area contributed by atoms with Crippen molar-refractivity contribution < 1.29 is 9.90 Å². The van der Waals surface area contributed by atoms with Crippen LogP contribution in [0.25, 0.3) is 0 Å². The monoisotopic (exact) mass is 205 g/mol. The average molecular weight is 205 g/mol. The van der Waals surface area contributed by atoms with Gasteiger partial charge in [-0.15, -0.1) is 0 Å². The fraction of sp³-hybridized carbons (Fsp3) is 0.100. The van der Waals surface area contributed by atoms with E-state index in [1.54, 1.807) is 24.5 Å². The van der Waals surface area contributed by atoms with Gasteiger partial charge in [0.25, 0.3) is 0 Å². The van der Waals surface area contributed by atoms with E-state index in [4.69, 9.17) is 5.11 Å². The third-order valence-corrected chi connectivity index (χ3v) is 1.72. The van der Waals surface area contributed by atoms with Crippen molar-refractivity contribution in [1.82, 2.24) is 4.98 Å². The number of carboxylic acid groups (broad SMARTS) is 1. The molecule has 1 N–H and O–H groups in total. The maximum absolute atomic E-state index is 10.6. The Morgan fingerprint density at radius 3 is 2.93 bits per heavy atom. The SMILES string of the molecule is C=NN(/C=C(\C)C(=O)O)c1cccnc1. The van der Waals surface area contributed by atoms with Crippen molar-refractivity contribution in [2.45, 2.75) is 6.92 Å². The van der Waals surface area contributed by atoms with E-state index in [1.807, 2.05) is 0 Å². The van der Waals surface area contributed by atoms with Crippen molar-refractivity contribution in [3.8, 4) is 0 Å². The molecule has 5 heteroatoms. The number of aliphatic carboxylic acids is 1. The Balaban J connectivity index is 2.96. The smallest absolute Gasteiger partial charge is 0.332 e. The summed E-state index contributed by atoms with van der Waals surface area (Å²) < 4.78 is 0. The van der Waals surface area contributed by atoms with Crippen LogP contribution in [0.15, 0.2) is 41.4 Å². The minimum atomic E-state index is -0.993. The maximum Gasteiger partial charge on any atom is 0.332 e. The highest BCUT2D eigenvalue weighted by atomic mass is 16.4. The minimum absolute atomic E-state index is 0.172.